The van der Waals surface area contributed by atoms with Crippen LogP contribution in [0.15, 0.2) is 41.3 Å². The number of halogens is 2. The Bertz CT molecular complexity index is 963. The van der Waals surface area contributed by atoms with Crippen molar-refractivity contribution >= 4 is 38.9 Å². The molecule has 0 radical (unpaired) electrons. The molecule has 1 amide bonds. The van der Waals surface area contributed by atoms with E-state index in [1.54, 1.807) is 23.1 Å². The van der Waals surface area contributed by atoms with Gasteiger partial charge in [-0.25, -0.2) is 12.8 Å². The highest BCUT2D eigenvalue weighted by molar-refractivity contribution is 7.92. The van der Waals surface area contributed by atoms with E-state index in [1.165, 1.54) is 12.1 Å². The summed E-state index contributed by atoms with van der Waals surface area (Å²) in [6.07, 6.45) is 1.78. The number of rotatable bonds is 5. The van der Waals surface area contributed by atoms with Crippen molar-refractivity contribution in [2.24, 2.45) is 0 Å². The van der Waals surface area contributed by atoms with Crippen molar-refractivity contribution in [3.63, 3.8) is 0 Å². The summed E-state index contributed by atoms with van der Waals surface area (Å²) in [7, 11) is -3.94. The Morgan fingerprint density at radius 2 is 1.96 bits per heavy atom. The molecule has 0 saturated heterocycles. The van der Waals surface area contributed by atoms with E-state index in [-0.39, 0.29) is 15.8 Å². The zero-order valence-electron chi connectivity index (χ0n) is 14.1. The molecule has 26 heavy (non-hydrogen) atoms. The average Bonchev–Trinajstić information content (AvgIpc) is 2.59. The predicted molar refractivity (Wildman–Crippen MR) is 99.6 cm³/mol. The number of carbonyl (C=O) groups is 1. The number of anilines is 2. The van der Waals surface area contributed by atoms with E-state index in [4.69, 9.17) is 11.6 Å². The molecule has 0 fully saturated rings. The standard InChI is InChI=1S/C18H18ClFN2O3S/c1-2-9-22-17-7-4-13(10-12(17)3-8-18(22)23)21-26(24,25)14-5-6-15(19)16(20)11-14/h4-7,10-11,21H,2-3,8-9H2,1H3. The van der Waals surface area contributed by atoms with Crippen LogP contribution in [-0.4, -0.2) is 20.9 Å². The molecule has 1 N–H and O–H groups in total. The molecule has 8 heteroatoms. The summed E-state index contributed by atoms with van der Waals surface area (Å²) in [5, 5.41) is -0.140. The number of fused-ring (bicyclic) bond motifs is 1. The number of aryl methyl sites for hydroxylation is 1. The van der Waals surface area contributed by atoms with Gasteiger partial charge in [-0.2, -0.15) is 0 Å². The summed E-state index contributed by atoms with van der Waals surface area (Å²) >= 11 is 5.60. The van der Waals surface area contributed by atoms with Crippen LogP contribution in [0, 0.1) is 5.82 Å². The molecule has 0 aromatic heterocycles. The van der Waals surface area contributed by atoms with E-state index < -0.39 is 15.8 Å². The topological polar surface area (TPSA) is 66.5 Å². The number of amides is 1. The van der Waals surface area contributed by atoms with Gasteiger partial charge in [-0.15, -0.1) is 0 Å². The van der Waals surface area contributed by atoms with Gasteiger partial charge in [0.15, 0.2) is 0 Å². The Balaban J connectivity index is 1.89. The molecule has 0 spiro atoms. The molecule has 0 unspecified atom stereocenters. The molecule has 2 aromatic carbocycles. The lowest BCUT2D eigenvalue weighted by molar-refractivity contribution is -0.118. The smallest absolute Gasteiger partial charge is 0.261 e. The molecule has 2 aromatic rings. The van der Waals surface area contributed by atoms with Crippen molar-refractivity contribution in [3.8, 4) is 0 Å². The molecule has 3 rings (SSSR count). The van der Waals surface area contributed by atoms with Crippen LogP contribution >= 0.6 is 11.6 Å². The van der Waals surface area contributed by atoms with Crippen molar-refractivity contribution in [2.75, 3.05) is 16.2 Å². The first-order valence-corrected chi connectivity index (χ1v) is 10.1. The summed E-state index contributed by atoms with van der Waals surface area (Å²) in [4.78, 5) is 13.6. The van der Waals surface area contributed by atoms with Gasteiger partial charge < -0.3 is 4.90 Å². The third kappa shape index (κ3) is 3.68. The van der Waals surface area contributed by atoms with Gasteiger partial charge in [0.05, 0.1) is 9.92 Å². The van der Waals surface area contributed by atoms with Crippen molar-refractivity contribution in [2.45, 2.75) is 31.1 Å². The number of nitrogens with one attached hydrogen (secondary N) is 1. The highest BCUT2D eigenvalue weighted by atomic mass is 35.5. The van der Waals surface area contributed by atoms with Crippen molar-refractivity contribution in [3.05, 3.63) is 52.8 Å². The van der Waals surface area contributed by atoms with Crippen LogP contribution in [0.1, 0.15) is 25.3 Å². The molecule has 5 nitrogen and oxygen atoms in total. The fourth-order valence-corrected chi connectivity index (χ4v) is 4.13. The maximum absolute atomic E-state index is 13.6. The van der Waals surface area contributed by atoms with Crippen LogP contribution in [0.3, 0.4) is 0 Å². The zero-order chi connectivity index (χ0) is 18.9. The first-order valence-electron chi connectivity index (χ1n) is 8.23. The maximum atomic E-state index is 13.6. The van der Waals surface area contributed by atoms with E-state index >= 15 is 0 Å². The van der Waals surface area contributed by atoms with E-state index in [2.05, 4.69) is 4.72 Å². The van der Waals surface area contributed by atoms with Gasteiger partial charge in [0.25, 0.3) is 10.0 Å². The maximum Gasteiger partial charge on any atom is 0.261 e. The number of benzene rings is 2. The second-order valence-corrected chi connectivity index (χ2v) is 8.16. The van der Waals surface area contributed by atoms with Crippen LogP contribution in [-0.2, 0) is 21.2 Å². The lowest BCUT2D eigenvalue weighted by Gasteiger charge is -2.29. The second-order valence-electron chi connectivity index (χ2n) is 6.07. The molecule has 138 valence electrons. The fraction of sp³-hybridized carbons (Fsp3) is 0.278. The van der Waals surface area contributed by atoms with E-state index in [0.717, 1.165) is 23.7 Å². The van der Waals surface area contributed by atoms with Crippen LogP contribution in [0.4, 0.5) is 15.8 Å². The van der Waals surface area contributed by atoms with Gasteiger partial charge in [0, 0.05) is 24.3 Å². The number of carbonyl (C=O) groups excluding carboxylic acids is 1. The molecular weight excluding hydrogens is 379 g/mol. The molecule has 1 heterocycles. The first kappa shape index (κ1) is 18.7. The van der Waals surface area contributed by atoms with Crippen molar-refractivity contribution in [1.82, 2.24) is 0 Å². The number of nitrogens with zero attached hydrogens (tertiary/aromatic N) is 1. The van der Waals surface area contributed by atoms with Gasteiger partial charge in [0.1, 0.15) is 5.82 Å². The van der Waals surface area contributed by atoms with E-state index in [0.29, 0.717) is 25.1 Å². The van der Waals surface area contributed by atoms with Gasteiger partial charge >= 0.3 is 0 Å². The SMILES string of the molecule is CCCN1C(=O)CCc2cc(NS(=O)(=O)c3ccc(Cl)c(F)c3)ccc21. The van der Waals surface area contributed by atoms with Gasteiger partial charge in [-0.1, -0.05) is 18.5 Å². The summed E-state index contributed by atoms with van der Waals surface area (Å²) in [6.45, 7) is 2.62. The minimum atomic E-state index is -3.94. The minimum absolute atomic E-state index is 0.0734. The number of hydrogen-bond acceptors (Lipinski definition) is 3. The molecule has 0 aliphatic carbocycles. The number of sulfonamides is 1. The lowest BCUT2D eigenvalue weighted by atomic mass is 10.0. The lowest BCUT2D eigenvalue weighted by Crippen LogP contribution is -2.35. The Kier molecular flexibility index (Phi) is 5.20. The highest BCUT2D eigenvalue weighted by Crippen LogP contribution is 2.31. The second kappa shape index (κ2) is 7.25. The average molecular weight is 397 g/mol. The molecule has 0 atom stereocenters. The monoisotopic (exact) mass is 396 g/mol. The quantitative estimate of drug-likeness (QED) is 0.831. The van der Waals surface area contributed by atoms with Crippen LogP contribution in [0.2, 0.25) is 5.02 Å². The molecule has 0 saturated carbocycles. The third-order valence-corrected chi connectivity index (χ3v) is 5.87. The highest BCUT2D eigenvalue weighted by Gasteiger charge is 2.24. The molecule has 1 aliphatic rings. The fourth-order valence-electron chi connectivity index (χ4n) is 2.95. The first-order chi connectivity index (χ1) is 12.3. The van der Waals surface area contributed by atoms with Crippen LogP contribution in [0.5, 0.6) is 0 Å². The Labute approximate surface area is 156 Å². The molecule has 1 aliphatic heterocycles. The Morgan fingerprint density at radius 3 is 2.65 bits per heavy atom. The van der Waals surface area contributed by atoms with Gasteiger partial charge in [-0.3, -0.25) is 9.52 Å². The summed E-state index contributed by atoms with van der Waals surface area (Å²) < 4.78 is 40.9. The van der Waals surface area contributed by atoms with E-state index in [9.17, 15) is 17.6 Å². The summed E-state index contributed by atoms with van der Waals surface area (Å²) in [6, 6.07) is 8.38. The number of hydrogen-bond donors (Lipinski definition) is 1. The van der Waals surface area contributed by atoms with Gasteiger partial charge in [0.2, 0.25) is 5.91 Å². The Hall–Kier alpha value is -2.12. The molecular formula is C18H18ClFN2O3S. The third-order valence-electron chi connectivity index (χ3n) is 4.18. The van der Waals surface area contributed by atoms with E-state index in [1.807, 2.05) is 6.92 Å². The predicted octanol–water partition coefficient (Wildman–Crippen LogP) is 3.97. The minimum Gasteiger partial charge on any atom is -0.312 e. The zero-order valence-corrected chi connectivity index (χ0v) is 15.7. The van der Waals surface area contributed by atoms with Crippen LogP contribution < -0.4 is 9.62 Å². The Morgan fingerprint density at radius 1 is 1.19 bits per heavy atom. The summed E-state index contributed by atoms with van der Waals surface area (Å²) in [5.74, 6) is -0.724. The van der Waals surface area contributed by atoms with Crippen molar-refractivity contribution in [1.29, 1.82) is 0 Å². The van der Waals surface area contributed by atoms with Crippen LogP contribution in [0.25, 0.3) is 0 Å². The summed E-state index contributed by atoms with van der Waals surface area (Å²) in [5.41, 5.74) is 2.08. The normalized spacial score (nSPS) is 14.3. The van der Waals surface area contributed by atoms with Gasteiger partial charge in [-0.05, 0) is 54.8 Å². The molecule has 0 bridgehead atoms. The van der Waals surface area contributed by atoms with Crippen molar-refractivity contribution < 1.29 is 17.6 Å². The largest absolute Gasteiger partial charge is 0.312 e.